The quantitative estimate of drug-likeness (QED) is 0.530. The van der Waals surface area contributed by atoms with Crippen molar-refractivity contribution in [1.29, 1.82) is 0 Å². The zero-order valence-corrected chi connectivity index (χ0v) is 18.1. The maximum absolute atomic E-state index is 13.3. The van der Waals surface area contributed by atoms with Gasteiger partial charge in [-0.1, -0.05) is 33.8 Å². The first-order valence-electron chi connectivity index (χ1n) is 10.1. The van der Waals surface area contributed by atoms with Crippen LogP contribution in [0.15, 0.2) is 23.3 Å². The van der Waals surface area contributed by atoms with Gasteiger partial charge in [-0.15, -0.1) is 0 Å². The lowest BCUT2D eigenvalue weighted by Crippen LogP contribution is -2.50. The lowest BCUT2D eigenvalue weighted by atomic mass is 9.66. The van der Waals surface area contributed by atoms with E-state index in [9.17, 15) is 14.4 Å². The number of hydrogen-bond donors (Lipinski definition) is 0. The third kappa shape index (κ3) is 2.69. The van der Waals surface area contributed by atoms with E-state index < -0.39 is 22.4 Å². The standard InChI is InChI=1S/C23H32O5/c1-14(24)8-9-16-15(2)17(10-11-20(16,3)4)27-19(26)23-13-12-22(7,18(25)28-23)21(23,5)6/h8-9,17H,10-13H2,1-7H3/b9-8+/t17-,22-,23+/m0/s1. The number of fused-ring (bicyclic) bond motifs is 2. The molecule has 0 radical (unpaired) electrons. The van der Waals surface area contributed by atoms with Crippen LogP contribution < -0.4 is 0 Å². The third-order valence-corrected chi connectivity index (χ3v) is 7.82. The van der Waals surface area contributed by atoms with E-state index in [4.69, 9.17) is 9.47 Å². The first-order chi connectivity index (χ1) is 12.8. The molecule has 1 aliphatic heterocycles. The normalized spacial score (nSPS) is 36.0. The van der Waals surface area contributed by atoms with Crippen LogP contribution in [0.25, 0.3) is 0 Å². The highest BCUT2D eigenvalue weighted by Gasteiger charge is 2.76. The molecule has 1 saturated carbocycles. The lowest BCUT2D eigenvalue weighted by Gasteiger charge is -2.39. The molecule has 0 aromatic rings. The molecule has 0 spiro atoms. The van der Waals surface area contributed by atoms with E-state index in [1.807, 2.05) is 33.8 Å². The van der Waals surface area contributed by atoms with Gasteiger partial charge in [-0.3, -0.25) is 9.59 Å². The van der Waals surface area contributed by atoms with Gasteiger partial charge in [0.2, 0.25) is 5.60 Å². The topological polar surface area (TPSA) is 69.7 Å². The Hall–Kier alpha value is -1.91. The third-order valence-electron chi connectivity index (χ3n) is 7.82. The van der Waals surface area contributed by atoms with Crippen molar-refractivity contribution in [2.45, 2.75) is 85.9 Å². The summed E-state index contributed by atoms with van der Waals surface area (Å²) in [5, 5.41) is 0. The minimum Gasteiger partial charge on any atom is -0.455 e. The van der Waals surface area contributed by atoms with Crippen molar-refractivity contribution >= 4 is 17.7 Å². The molecular formula is C23H32O5. The van der Waals surface area contributed by atoms with E-state index in [2.05, 4.69) is 13.8 Å². The van der Waals surface area contributed by atoms with Gasteiger partial charge in [-0.25, -0.2) is 4.79 Å². The van der Waals surface area contributed by atoms with Crippen molar-refractivity contribution < 1.29 is 23.9 Å². The van der Waals surface area contributed by atoms with Gasteiger partial charge in [-0.2, -0.15) is 0 Å². The Morgan fingerprint density at radius 3 is 2.25 bits per heavy atom. The van der Waals surface area contributed by atoms with E-state index in [1.54, 1.807) is 6.08 Å². The molecule has 5 nitrogen and oxygen atoms in total. The molecule has 154 valence electrons. The van der Waals surface area contributed by atoms with Crippen LogP contribution in [-0.2, 0) is 23.9 Å². The van der Waals surface area contributed by atoms with Crippen LogP contribution in [0, 0.1) is 16.2 Å². The number of esters is 2. The fourth-order valence-corrected chi connectivity index (χ4v) is 5.18. The smallest absolute Gasteiger partial charge is 0.351 e. The van der Waals surface area contributed by atoms with Gasteiger partial charge in [-0.05, 0) is 69.1 Å². The molecule has 2 fully saturated rings. The summed E-state index contributed by atoms with van der Waals surface area (Å²) in [6.07, 6.45) is 5.72. The van der Waals surface area contributed by atoms with Crippen LogP contribution in [-0.4, -0.2) is 29.4 Å². The maximum atomic E-state index is 13.3. The van der Waals surface area contributed by atoms with Crippen LogP contribution in [0.4, 0.5) is 0 Å². The van der Waals surface area contributed by atoms with Crippen LogP contribution in [0.1, 0.15) is 74.1 Å². The highest BCUT2D eigenvalue weighted by molar-refractivity contribution is 5.93. The van der Waals surface area contributed by atoms with E-state index in [-0.39, 0.29) is 23.3 Å². The number of allylic oxidation sites excluding steroid dienone is 3. The first kappa shape index (κ1) is 20.8. The molecule has 2 bridgehead atoms. The number of rotatable bonds is 4. The molecule has 3 aliphatic rings. The minimum absolute atomic E-state index is 0.0148. The molecule has 0 N–H and O–H groups in total. The zero-order valence-electron chi connectivity index (χ0n) is 18.1. The molecule has 3 rings (SSSR count). The van der Waals surface area contributed by atoms with Gasteiger partial charge in [0.15, 0.2) is 5.78 Å². The Labute approximate surface area is 167 Å². The summed E-state index contributed by atoms with van der Waals surface area (Å²) in [7, 11) is 0. The van der Waals surface area contributed by atoms with Crippen LogP contribution >= 0.6 is 0 Å². The summed E-state index contributed by atoms with van der Waals surface area (Å²) in [5.74, 6) is -0.757. The Morgan fingerprint density at radius 2 is 1.75 bits per heavy atom. The highest BCUT2D eigenvalue weighted by Crippen LogP contribution is 2.66. The largest absolute Gasteiger partial charge is 0.455 e. The predicted molar refractivity (Wildman–Crippen MR) is 105 cm³/mol. The maximum Gasteiger partial charge on any atom is 0.351 e. The first-order valence-corrected chi connectivity index (χ1v) is 10.1. The van der Waals surface area contributed by atoms with Crippen molar-refractivity contribution in [2.75, 3.05) is 0 Å². The molecule has 5 heteroatoms. The second kappa shape index (κ2) is 6.30. The van der Waals surface area contributed by atoms with Crippen molar-refractivity contribution in [3.63, 3.8) is 0 Å². The Balaban J connectivity index is 1.90. The molecule has 0 unspecified atom stereocenters. The lowest BCUT2D eigenvalue weighted by molar-refractivity contribution is -0.186. The monoisotopic (exact) mass is 388 g/mol. The summed E-state index contributed by atoms with van der Waals surface area (Å²) in [6.45, 7) is 13.5. The summed E-state index contributed by atoms with van der Waals surface area (Å²) in [6, 6.07) is 0. The van der Waals surface area contributed by atoms with Crippen molar-refractivity contribution in [3.8, 4) is 0 Å². The second-order valence-electron chi connectivity index (χ2n) is 10.0. The molecular weight excluding hydrogens is 356 g/mol. The minimum atomic E-state index is -1.21. The molecule has 28 heavy (non-hydrogen) atoms. The van der Waals surface area contributed by atoms with E-state index in [0.717, 1.165) is 17.6 Å². The number of carbonyl (C=O) groups excluding carboxylic acids is 3. The van der Waals surface area contributed by atoms with Crippen molar-refractivity contribution in [3.05, 3.63) is 23.3 Å². The average molecular weight is 389 g/mol. The van der Waals surface area contributed by atoms with Gasteiger partial charge in [0.1, 0.15) is 6.10 Å². The van der Waals surface area contributed by atoms with Gasteiger partial charge < -0.3 is 9.47 Å². The Bertz CT molecular complexity index is 800. The molecule has 3 atom stereocenters. The SMILES string of the molecule is CC(=O)/C=C/C1=C(C)[C@@H](OC(=O)[C@@]23CC[C@@](C)(C(=O)O2)C3(C)C)CCC1(C)C. The van der Waals surface area contributed by atoms with Crippen LogP contribution in [0.5, 0.6) is 0 Å². The summed E-state index contributed by atoms with van der Waals surface area (Å²) >= 11 is 0. The number of carbonyl (C=O) groups is 3. The van der Waals surface area contributed by atoms with Crippen molar-refractivity contribution in [2.24, 2.45) is 16.2 Å². The predicted octanol–water partition coefficient (Wildman–Crippen LogP) is 4.30. The van der Waals surface area contributed by atoms with Crippen LogP contribution in [0.2, 0.25) is 0 Å². The Morgan fingerprint density at radius 1 is 1.11 bits per heavy atom. The van der Waals surface area contributed by atoms with Gasteiger partial charge in [0.05, 0.1) is 5.41 Å². The fourth-order valence-electron chi connectivity index (χ4n) is 5.18. The average Bonchev–Trinajstić information content (AvgIpc) is 2.87. The molecule has 0 aromatic carbocycles. The molecule has 0 aromatic heterocycles. The number of hydrogen-bond acceptors (Lipinski definition) is 5. The molecule has 0 amide bonds. The fraction of sp³-hybridized carbons (Fsp3) is 0.696. The van der Waals surface area contributed by atoms with Crippen molar-refractivity contribution in [1.82, 2.24) is 0 Å². The Kier molecular flexibility index (Phi) is 4.68. The summed E-state index contributed by atoms with van der Waals surface area (Å²) < 4.78 is 11.6. The van der Waals surface area contributed by atoms with Crippen LogP contribution in [0.3, 0.4) is 0 Å². The summed E-state index contributed by atoms with van der Waals surface area (Å²) in [5.41, 5.74) is -0.577. The number of ether oxygens (including phenoxy) is 2. The van der Waals surface area contributed by atoms with Gasteiger partial charge in [0, 0.05) is 5.41 Å². The molecule has 2 aliphatic carbocycles. The zero-order chi connectivity index (χ0) is 21.1. The van der Waals surface area contributed by atoms with Gasteiger partial charge in [0.25, 0.3) is 0 Å². The highest BCUT2D eigenvalue weighted by atomic mass is 16.6. The molecule has 1 saturated heterocycles. The van der Waals surface area contributed by atoms with E-state index in [0.29, 0.717) is 19.3 Å². The van der Waals surface area contributed by atoms with E-state index >= 15 is 0 Å². The summed E-state index contributed by atoms with van der Waals surface area (Å²) in [4.78, 5) is 37.1. The van der Waals surface area contributed by atoms with E-state index in [1.165, 1.54) is 6.92 Å². The van der Waals surface area contributed by atoms with Gasteiger partial charge >= 0.3 is 11.9 Å². The second-order valence-corrected chi connectivity index (χ2v) is 10.0. The number of ketones is 1. The molecule has 1 heterocycles.